The molecule has 0 bridgehead atoms. The van der Waals surface area contributed by atoms with Crippen molar-refractivity contribution in [1.29, 1.82) is 0 Å². The van der Waals surface area contributed by atoms with Crippen molar-refractivity contribution >= 4 is 5.97 Å². The van der Waals surface area contributed by atoms with Crippen molar-refractivity contribution < 1.29 is 14.6 Å². The van der Waals surface area contributed by atoms with Gasteiger partial charge in [0.1, 0.15) is 6.04 Å². The minimum Gasteiger partial charge on any atom is -0.481 e. The number of aromatic nitrogens is 1. The van der Waals surface area contributed by atoms with Gasteiger partial charge in [0.2, 0.25) is 5.88 Å². The van der Waals surface area contributed by atoms with Gasteiger partial charge in [0.15, 0.2) is 0 Å². The van der Waals surface area contributed by atoms with Crippen LogP contribution in [0.1, 0.15) is 17.2 Å². The fourth-order valence-corrected chi connectivity index (χ4v) is 1.11. The Labute approximate surface area is 81.5 Å². The molecule has 1 atom stereocenters. The Hall–Kier alpha value is -1.62. The molecule has 0 spiro atoms. The zero-order valence-corrected chi connectivity index (χ0v) is 8.02. The molecule has 0 aliphatic rings. The molecule has 0 fully saturated rings. The molecule has 0 aromatic carbocycles. The molecule has 0 aliphatic carbocycles. The summed E-state index contributed by atoms with van der Waals surface area (Å²) in [7, 11) is 1.50. The summed E-state index contributed by atoms with van der Waals surface area (Å²) in [6.45, 7) is 1.77. The molecule has 1 rings (SSSR count). The molecule has 3 N–H and O–H groups in total. The summed E-state index contributed by atoms with van der Waals surface area (Å²) in [6.07, 6.45) is 1.42. The number of carboxylic acid groups (broad SMARTS) is 1. The Morgan fingerprint density at radius 3 is 2.79 bits per heavy atom. The molecule has 1 heterocycles. The third-order valence-corrected chi connectivity index (χ3v) is 1.94. The smallest absolute Gasteiger partial charge is 0.325 e. The van der Waals surface area contributed by atoms with E-state index in [2.05, 4.69) is 4.98 Å². The number of carbonyl (C=O) groups is 1. The molecule has 0 saturated carbocycles. The number of aliphatic carboxylic acids is 1. The molecule has 1 aromatic heterocycles. The standard InChI is InChI=1S/C9H12N2O3/c1-5-3-7(14-2)11-4-6(5)8(10)9(12)13/h3-4,8H,10H2,1-2H3,(H,12,13). The fraction of sp³-hybridized carbons (Fsp3) is 0.333. The fourth-order valence-electron chi connectivity index (χ4n) is 1.11. The molecular weight excluding hydrogens is 184 g/mol. The number of pyridine rings is 1. The van der Waals surface area contributed by atoms with Crippen LogP contribution in [0.15, 0.2) is 12.3 Å². The van der Waals surface area contributed by atoms with E-state index in [1.54, 1.807) is 13.0 Å². The van der Waals surface area contributed by atoms with E-state index >= 15 is 0 Å². The van der Waals surface area contributed by atoms with Gasteiger partial charge in [-0.25, -0.2) is 4.98 Å². The van der Waals surface area contributed by atoms with Crippen LogP contribution in [0.2, 0.25) is 0 Å². The van der Waals surface area contributed by atoms with Gasteiger partial charge in [-0.3, -0.25) is 4.79 Å². The van der Waals surface area contributed by atoms with Crippen molar-refractivity contribution in [2.24, 2.45) is 5.73 Å². The summed E-state index contributed by atoms with van der Waals surface area (Å²) in [5, 5.41) is 8.70. The lowest BCUT2D eigenvalue weighted by Gasteiger charge is -2.10. The van der Waals surface area contributed by atoms with Crippen molar-refractivity contribution in [2.75, 3.05) is 7.11 Å². The topological polar surface area (TPSA) is 85.4 Å². The highest BCUT2D eigenvalue weighted by atomic mass is 16.5. The van der Waals surface area contributed by atoms with Gasteiger partial charge >= 0.3 is 5.97 Å². The molecule has 0 radical (unpaired) electrons. The average molecular weight is 196 g/mol. The molecule has 14 heavy (non-hydrogen) atoms. The molecule has 1 aromatic rings. The number of methoxy groups -OCH3 is 1. The van der Waals surface area contributed by atoms with Crippen molar-refractivity contribution in [3.8, 4) is 5.88 Å². The van der Waals surface area contributed by atoms with Crippen LogP contribution >= 0.6 is 0 Å². The van der Waals surface area contributed by atoms with Crippen LogP contribution in [0, 0.1) is 6.92 Å². The van der Waals surface area contributed by atoms with Gasteiger partial charge in [-0.15, -0.1) is 0 Å². The lowest BCUT2D eigenvalue weighted by molar-refractivity contribution is -0.138. The highest BCUT2D eigenvalue weighted by Gasteiger charge is 2.17. The van der Waals surface area contributed by atoms with E-state index in [0.717, 1.165) is 5.56 Å². The predicted octanol–water partition coefficient (Wildman–Crippen LogP) is 0.483. The zero-order valence-electron chi connectivity index (χ0n) is 8.02. The van der Waals surface area contributed by atoms with Crippen molar-refractivity contribution in [2.45, 2.75) is 13.0 Å². The third-order valence-electron chi connectivity index (χ3n) is 1.94. The Balaban J connectivity index is 3.05. The average Bonchev–Trinajstić information content (AvgIpc) is 2.16. The lowest BCUT2D eigenvalue weighted by atomic mass is 10.1. The van der Waals surface area contributed by atoms with E-state index in [9.17, 15) is 4.79 Å². The van der Waals surface area contributed by atoms with Crippen LogP contribution in [0.25, 0.3) is 0 Å². The zero-order chi connectivity index (χ0) is 10.7. The van der Waals surface area contributed by atoms with E-state index in [4.69, 9.17) is 15.6 Å². The first-order chi connectivity index (χ1) is 6.56. The summed E-state index contributed by atoms with van der Waals surface area (Å²) in [6, 6.07) is 0.617. The normalized spacial score (nSPS) is 12.2. The van der Waals surface area contributed by atoms with Crippen LogP contribution in [-0.4, -0.2) is 23.2 Å². The van der Waals surface area contributed by atoms with Crippen LogP contribution in [0.4, 0.5) is 0 Å². The van der Waals surface area contributed by atoms with Crippen LogP contribution in [-0.2, 0) is 4.79 Å². The maximum Gasteiger partial charge on any atom is 0.325 e. The molecule has 0 saturated heterocycles. The van der Waals surface area contributed by atoms with Crippen molar-refractivity contribution in [3.63, 3.8) is 0 Å². The summed E-state index contributed by atoms with van der Waals surface area (Å²) in [5.74, 6) is -0.621. The van der Waals surface area contributed by atoms with Gasteiger partial charge in [0.25, 0.3) is 0 Å². The maximum absolute atomic E-state index is 10.6. The molecule has 1 unspecified atom stereocenters. The number of hydrogen-bond donors (Lipinski definition) is 2. The molecule has 0 amide bonds. The van der Waals surface area contributed by atoms with Crippen molar-refractivity contribution in [1.82, 2.24) is 4.98 Å². The summed E-state index contributed by atoms with van der Waals surface area (Å²) in [5.41, 5.74) is 6.70. The van der Waals surface area contributed by atoms with Crippen molar-refractivity contribution in [3.05, 3.63) is 23.4 Å². The number of carboxylic acids is 1. The summed E-state index contributed by atoms with van der Waals surface area (Å²) < 4.78 is 4.89. The Morgan fingerprint density at radius 2 is 2.36 bits per heavy atom. The van der Waals surface area contributed by atoms with Gasteiger partial charge in [0.05, 0.1) is 7.11 Å². The Bertz CT molecular complexity index is 352. The van der Waals surface area contributed by atoms with Gasteiger partial charge in [0, 0.05) is 17.8 Å². The summed E-state index contributed by atoms with van der Waals surface area (Å²) >= 11 is 0. The number of nitrogens with zero attached hydrogens (tertiary/aromatic N) is 1. The first kappa shape index (κ1) is 10.5. The highest BCUT2D eigenvalue weighted by Crippen LogP contribution is 2.18. The van der Waals surface area contributed by atoms with E-state index in [-0.39, 0.29) is 0 Å². The Kier molecular flexibility index (Phi) is 3.03. The molecule has 5 heteroatoms. The van der Waals surface area contributed by atoms with Gasteiger partial charge in [-0.1, -0.05) is 0 Å². The predicted molar refractivity (Wildman–Crippen MR) is 50.1 cm³/mol. The number of aryl methyl sites for hydroxylation is 1. The number of ether oxygens (including phenoxy) is 1. The second-order valence-corrected chi connectivity index (χ2v) is 2.90. The molecule has 76 valence electrons. The molecular formula is C9H12N2O3. The molecule has 0 aliphatic heterocycles. The first-order valence-electron chi connectivity index (χ1n) is 4.05. The second-order valence-electron chi connectivity index (χ2n) is 2.90. The SMILES string of the molecule is COc1cc(C)c(C(N)C(=O)O)cn1. The van der Waals surface area contributed by atoms with Gasteiger partial charge < -0.3 is 15.6 Å². The van der Waals surface area contributed by atoms with Gasteiger partial charge in [-0.05, 0) is 12.5 Å². The minimum absolute atomic E-state index is 0.448. The second kappa shape index (κ2) is 4.06. The molecule has 5 nitrogen and oxygen atoms in total. The maximum atomic E-state index is 10.6. The largest absolute Gasteiger partial charge is 0.481 e. The van der Waals surface area contributed by atoms with Crippen LogP contribution in [0.5, 0.6) is 5.88 Å². The van der Waals surface area contributed by atoms with E-state index < -0.39 is 12.0 Å². The monoisotopic (exact) mass is 196 g/mol. The van der Waals surface area contributed by atoms with E-state index in [0.29, 0.717) is 11.4 Å². The van der Waals surface area contributed by atoms with E-state index in [1.807, 2.05) is 0 Å². The summed E-state index contributed by atoms with van der Waals surface area (Å²) in [4.78, 5) is 14.5. The third kappa shape index (κ3) is 2.00. The van der Waals surface area contributed by atoms with Crippen LogP contribution in [0.3, 0.4) is 0 Å². The Morgan fingerprint density at radius 1 is 1.71 bits per heavy atom. The number of hydrogen-bond acceptors (Lipinski definition) is 4. The van der Waals surface area contributed by atoms with Gasteiger partial charge in [-0.2, -0.15) is 0 Å². The highest BCUT2D eigenvalue weighted by molar-refractivity contribution is 5.75. The first-order valence-corrected chi connectivity index (χ1v) is 4.05. The minimum atomic E-state index is -1.07. The van der Waals surface area contributed by atoms with E-state index in [1.165, 1.54) is 13.3 Å². The lowest BCUT2D eigenvalue weighted by Crippen LogP contribution is -2.21. The quantitative estimate of drug-likeness (QED) is 0.734. The number of rotatable bonds is 3. The van der Waals surface area contributed by atoms with Crippen LogP contribution < -0.4 is 10.5 Å². The number of nitrogens with two attached hydrogens (primary N) is 1.